The van der Waals surface area contributed by atoms with Crippen LogP contribution in [-0.2, 0) is 19.6 Å². The Morgan fingerprint density at radius 3 is 2.66 bits per heavy atom. The third-order valence-corrected chi connectivity index (χ3v) is 8.06. The molecule has 0 bridgehead atoms. The van der Waals surface area contributed by atoms with Crippen molar-refractivity contribution >= 4 is 60.3 Å². The number of fused-ring (bicyclic) bond motifs is 1. The van der Waals surface area contributed by atoms with Crippen LogP contribution in [0.25, 0.3) is 27.7 Å². The van der Waals surface area contributed by atoms with Gasteiger partial charge in [0.15, 0.2) is 11.6 Å². The van der Waals surface area contributed by atoms with Crippen LogP contribution in [-0.4, -0.2) is 65.8 Å². The van der Waals surface area contributed by atoms with Gasteiger partial charge < -0.3 is 15.4 Å². The molecule has 1 aromatic carbocycles. The molecule has 5 rings (SSSR count). The molecule has 5 N–H and O–H groups in total. The Morgan fingerprint density at radius 2 is 1.92 bits per heavy atom. The number of benzene rings is 1. The highest BCUT2D eigenvalue weighted by Gasteiger charge is 2.22. The van der Waals surface area contributed by atoms with Gasteiger partial charge in [-0.1, -0.05) is 12.1 Å². The molecule has 0 radical (unpaired) electrons. The van der Waals surface area contributed by atoms with E-state index < -0.39 is 15.9 Å². The van der Waals surface area contributed by atoms with Gasteiger partial charge in [0.05, 0.1) is 33.9 Å². The number of nitrogens with one attached hydrogen (secondary N) is 2. The van der Waals surface area contributed by atoms with E-state index in [-0.39, 0.29) is 10.8 Å². The number of sulfonamides is 1. The molecule has 4 heterocycles. The van der Waals surface area contributed by atoms with Gasteiger partial charge in [-0.05, 0) is 29.8 Å². The van der Waals surface area contributed by atoms with Gasteiger partial charge in [-0.25, -0.2) is 33.8 Å². The van der Waals surface area contributed by atoms with Crippen molar-refractivity contribution in [2.75, 3.05) is 41.7 Å². The predicted octanol–water partition coefficient (Wildman–Crippen LogP) is 1.89. The second kappa shape index (κ2) is 10.7. The number of nitrogen functional groups attached to an aromatic ring is 1. The molecule has 4 aromatic rings. The van der Waals surface area contributed by atoms with Crippen molar-refractivity contribution in [3.63, 3.8) is 0 Å². The molecule has 0 saturated carbocycles. The first-order chi connectivity index (χ1) is 18.3. The molecule has 1 amide bonds. The van der Waals surface area contributed by atoms with E-state index in [1.54, 1.807) is 18.2 Å². The molecule has 1 aliphatic heterocycles. The number of amides is 1. The van der Waals surface area contributed by atoms with E-state index in [2.05, 4.69) is 24.6 Å². The van der Waals surface area contributed by atoms with Gasteiger partial charge in [-0.15, -0.1) is 11.3 Å². The fraction of sp³-hybridized carbons (Fsp3) is 0.174. The topological polar surface area (TPSA) is 186 Å². The Labute approximate surface area is 221 Å². The average molecular weight is 555 g/mol. The minimum Gasteiger partial charge on any atom is -0.378 e. The maximum atomic E-state index is 13.2. The van der Waals surface area contributed by atoms with Gasteiger partial charge in [0.1, 0.15) is 5.00 Å². The number of carbonyl (C=O) groups is 1. The third kappa shape index (κ3) is 5.55. The average Bonchev–Trinajstić information content (AvgIpc) is 3.33. The van der Waals surface area contributed by atoms with Crippen LogP contribution >= 0.6 is 11.3 Å². The van der Waals surface area contributed by atoms with Crippen LogP contribution in [0.3, 0.4) is 0 Å². The maximum absolute atomic E-state index is 13.2. The summed E-state index contributed by atoms with van der Waals surface area (Å²) in [6.07, 6.45) is 5.54. The maximum Gasteiger partial charge on any atom is 0.267 e. The first-order valence-corrected chi connectivity index (χ1v) is 13.6. The van der Waals surface area contributed by atoms with E-state index in [0.717, 1.165) is 10.8 Å². The zero-order chi connectivity index (χ0) is 26.7. The Morgan fingerprint density at radius 1 is 1.16 bits per heavy atom. The molecular formula is C23H22N8O5S2. The molecule has 15 heteroatoms. The second-order valence-electron chi connectivity index (χ2n) is 8.11. The van der Waals surface area contributed by atoms with Crippen LogP contribution in [0.1, 0.15) is 5.56 Å². The standard InChI is InChI=1S/C23H22N8O5S2/c24-23-25-12-15(13-26-23)21-27-17-11-19(37-20(17)22(28-21)31-6-8-36-9-7-31)30-38(34,35)16-3-1-2-14(10-16)4-5-18(32)29-33/h1-5,10-13,30,33H,6-9H2,(H,29,32)(H2,24,25,26)/b5-4+. The highest BCUT2D eigenvalue weighted by atomic mass is 32.2. The van der Waals surface area contributed by atoms with Gasteiger partial charge in [-0.2, -0.15) is 0 Å². The lowest BCUT2D eigenvalue weighted by molar-refractivity contribution is -0.124. The highest BCUT2D eigenvalue weighted by molar-refractivity contribution is 7.93. The highest BCUT2D eigenvalue weighted by Crippen LogP contribution is 2.37. The van der Waals surface area contributed by atoms with E-state index >= 15 is 0 Å². The number of morpholine rings is 1. The Bertz CT molecular complexity index is 1620. The van der Waals surface area contributed by atoms with Gasteiger partial charge in [0.25, 0.3) is 15.9 Å². The van der Waals surface area contributed by atoms with E-state index in [1.807, 2.05) is 0 Å². The molecule has 0 atom stereocenters. The fourth-order valence-corrected chi connectivity index (χ4v) is 6.08. The van der Waals surface area contributed by atoms with Crippen LogP contribution in [0.15, 0.2) is 53.7 Å². The number of hydrogen-bond donors (Lipinski definition) is 4. The fourth-order valence-electron chi connectivity index (χ4n) is 3.72. The minimum atomic E-state index is -3.97. The molecule has 196 valence electrons. The van der Waals surface area contributed by atoms with Crippen molar-refractivity contribution in [1.82, 2.24) is 25.4 Å². The van der Waals surface area contributed by atoms with E-state index in [9.17, 15) is 13.2 Å². The van der Waals surface area contributed by atoms with Crippen molar-refractivity contribution in [1.29, 1.82) is 0 Å². The quantitative estimate of drug-likeness (QED) is 0.148. The van der Waals surface area contributed by atoms with Crippen molar-refractivity contribution in [2.24, 2.45) is 0 Å². The number of rotatable bonds is 7. The summed E-state index contributed by atoms with van der Waals surface area (Å²) >= 11 is 1.22. The molecule has 0 unspecified atom stereocenters. The number of anilines is 3. The lowest BCUT2D eigenvalue weighted by atomic mass is 10.2. The van der Waals surface area contributed by atoms with E-state index in [4.69, 9.17) is 20.7 Å². The number of hydroxylamine groups is 1. The normalized spacial score (nSPS) is 14.2. The number of aromatic nitrogens is 4. The number of hydrogen-bond acceptors (Lipinski definition) is 12. The summed E-state index contributed by atoms with van der Waals surface area (Å²) in [4.78, 5) is 30.8. The molecule has 3 aromatic heterocycles. The zero-order valence-electron chi connectivity index (χ0n) is 19.7. The van der Waals surface area contributed by atoms with Gasteiger partial charge in [-0.3, -0.25) is 14.7 Å². The molecule has 1 saturated heterocycles. The Hall–Kier alpha value is -4.18. The number of nitrogens with zero attached hydrogens (tertiary/aromatic N) is 5. The number of carbonyl (C=O) groups excluding carboxylic acids is 1. The first kappa shape index (κ1) is 25.5. The van der Waals surface area contributed by atoms with Gasteiger partial charge in [0.2, 0.25) is 5.95 Å². The van der Waals surface area contributed by atoms with Crippen LogP contribution in [0.2, 0.25) is 0 Å². The minimum absolute atomic E-state index is 0.000659. The lowest BCUT2D eigenvalue weighted by Gasteiger charge is -2.28. The summed E-state index contributed by atoms with van der Waals surface area (Å²) in [6.45, 7) is 2.33. The van der Waals surface area contributed by atoms with E-state index in [1.165, 1.54) is 47.4 Å². The predicted molar refractivity (Wildman–Crippen MR) is 142 cm³/mol. The van der Waals surface area contributed by atoms with Crippen molar-refractivity contribution in [3.8, 4) is 11.4 Å². The summed E-state index contributed by atoms with van der Waals surface area (Å²) in [6, 6.07) is 7.69. The zero-order valence-corrected chi connectivity index (χ0v) is 21.4. The van der Waals surface area contributed by atoms with Crippen LogP contribution < -0.4 is 20.8 Å². The summed E-state index contributed by atoms with van der Waals surface area (Å²) < 4.78 is 35.2. The largest absolute Gasteiger partial charge is 0.378 e. The second-order valence-corrected chi connectivity index (χ2v) is 10.8. The van der Waals surface area contributed by atoms with Crippen molar-refractivity contribution in [2.45, 2.75) is 4.90 Å². The summed E-state index contributed by atoms with van der Waals surface area (Å²) in [5.41, 5.74) is 8.69. The molecule has 0 spiro atoms. The molecule has 1 aliphatic rings. The molecular weight excluding hydrogens is 532 g/mol. The van der Waals surface area contributed by atoms with Crippen LogP contribution in [0, 0.1) is 0 Å². The Kier molecular flexibility index (Phi) is 7.15. The molecule has 38 heavy (non-hydrogen) atoms. The van der Waals surface area contributed by atoms with Crippen molar-refractivity contribution in [3.05, 3.63) is 54.4 Å². The van der Waals surface area contributed by atoms with E-state index in [0.29, 0.717) is 59.6 Å². The number of thiophene rings is 1. The van der Waals surface area contributed by atoms with Crippen molar-refractivity contribution < 1.29 is 23.2 Å². The first-order valence-electron chi connectivity index (χ1n) is 11.3. The summed E-state index contributed by atoms with van der Waals surface area (Å²) in [7, 11) is -3.97. The lowest BCUT2D eigenvalue weighted by Crippen LogP contribution is -2.36. The summed E-state index contributed by atoms with van der Waals surface area (Å²) in [5, 5.41) is 8.99. The smallest absolute Gasteiger partial charge is 0.267 e. The molecule has 1 fully saturated rings. The molecule has 13 nitrogen and oxygen atoms in total. The monoisotopic (exact) mass is 554 g/mol. The summed E-state index contributed by atoms with van der Waals surface area (Å²) in [5.74, 6) is 0.447. The molecule has 0 aliphatic carbocycles. The Balaban J connectivity index is 1.51. The number of ether oxygens (including phenoxy) is 1. The van der Waals surface area contributed by atoms with Crippen LogP contribution in [0.4, 0.5) is 16.8 Å². The van der Waals surface area contributed by atoms with Crippen LogP contribution in [0.5, 0.6) is 0 Å². The van der Waals surface area contributed by atoms with Gasteiger partial charge in [0, 0.05) is 31.6 Å². The number of nitrogens with two attached hydrogens (primary N) is 1. The third-order valence-electron chi connectivity index (χ3n) is 5.54. The SMILES string of the molecule is Nc1ncc(-c2nc(N3CCOCC3)c3sc(NS(=O)(=O)c4cccc(/C=C/C(=O)NO)c4)cc3n2)cn1. The van der Waals surface area contributed by atoms with Gasteiger partial charge >= 0.3 is 0 Å².